The molecular weight excluding hydrogens is 286 g/mol. The SMILES string of the molecule is CNc1nsnc1NCCSCc1nc(C)cs1. The van der Waals surface area contributed by atoms with Crippen molar-refractivity contribution in [1.82, 2.24) is 13.7 Å². The summed E-state index contributed by atoms with van der Waals surface area (Å²) < 4.78 is 8.31. The molecule has 0 aliphatic rings. The third kappa shape index (κ3) is 3.82. The van der Waals surface area contributed by atoms with Crippen LogP contribution in [0.2, 0.25) is 0 Å². The third-order valence-electron chi connectivity index (χ3n) is 2.16. The van der Waals surface area contributed by atoms with Crippen LogP contribution in [0, 0.1) is 6.92 Å². The Bertz CT molecular complexity index is 481. The van der Waals surface area contributed by atoms with Gasteiger partial charge >= 0.3 is 0 Å². The summed E-state index contributed by atoms with van der Waals surface area (Å²) in [4.78, 5) is 4.43. The molecule has 2 aromatic heterocycles. The first-order valence-corrected chi connectivity index (χ1v) is 8.29. The van der Waals surface area contributed by atoms with E-state index in [4.69, 9.17) is 0 Å². The highest BCUT2D eigenvalue weighted by Crippen LogP contribution is 2.18. The number of aromatic nitrogens is 3. The predicted molar refractivity (Wildman–Crippen MR) is 81.0 cm³/mol. The van der Waals surface area contributed by atoms with E-state index in [1.54, 1.807) is 11.3 Å². The summed E-state index contributed by atoms with van der Waals surface area (Å²) >= 11 is 4.82. The van der Waals surface area contributed by atoms with Crippen molar-refractivity contribution < 1.29 is 0 Å². The van der Waals surface area contributed by atoms with Crippen molar-refractivity contribution in [1.29, 1.82) is 0 Å². The van der Waals surface area contributed by atoms with Crippen molar-refractivity contribution in [2.75, 3.05) is 30.0 Å². The van der Waals surface area contributed by atoms with Crippen molar-refractivity contribution in [3.8, 4) is 0 Å². The van der Waals surface area contributed by atoms with Crippen LogP contribution in [-0.4, -0.2) is 33.1 Å². The Hall–Kier alpha value is -0.860. The molecule has 0 bridgehead atoms. The van der Waals surface area contributed by atoms with E-state index in [2.05, 4.69) is 29.7 Å². The number of hydrogen-bond acceptors (Lipinski definition) is 8. The average molecular weight is 301 g/mol. The van der Waals surface area contributed by atoms with Crippen molar-refractivity contribution in [3.63, 3.8) is 0 Å². The maximum absolute atomic E-state index is 4.43. The quantitative estimate of drug-likeness (QED) is 0.767. The fourth-order valence-corrected chi connectivity index (χ4v) is 3.58. The molecule has 2 aromatic rings. The van der Waals surface area contributed by atoms with Gasteiger partial charge in [0.15, 0.2) is 11.6 Å². The number of thioether (sulfide) groups is 1. The number of aryl methyl sites for hydroxylation is 1. The zero-order valence-corrected chi connectivity index (χ0v) is 12.7. The van der Waals surface area contributed by atoms with E-state index in [1.807, 2.05) is 25.7 Å². The van der Waals surface area contributed by atoms with Crippen LogP contribution in [0.4, 0.5) is 11.6 Å². The molecular formula is C10H15N5S3. The van der Waals surface area contributed by atoms with Gasteiger partial charge in [-0.25, -0.2) is 4.98 Å². The van der Waals surface area contributed by atoms with Gasteiger partial charge < -0.3 is 10.6 Å². The highest BCUT2D eigenvalue weighted by atomic mass is 32.2. The normalized spacial score (nSPS) is 10.6. The second-order valence-electron chi connectivity index (χ2n) is 3.57. The highest BCUT2D eigenvalue weighted by molar-refractivity contribution is 7.98. The molecule has 0 fully saturated rings. The van der Waals surface area contributed by atoms with E-state index >= 15 is 0 Å². The Morgan fingerprint density at radius 3 is 2.89 bits per heavy atom. The molecule has 0 aromatic carbocycles. The molecule has 5 nitrogen and oxygen atoms in total. The van der Waals surface area contributed by atoms with E-state index in [9.17, 15) is 0 Å². The summed E-state index contributed by atoms with van der Waals surface area (Å²) in [7, 11) is 1.85. The van der Waals surface area contributed by atoms with Gasteiger partial charge in [0.25, 0.3) is 0 Å². The lowest BCUT2D eigenvalue weighted by molar-refractivity contribution is 1.17. The monoisotopic (exact) mass is 301 g/mol. The second kappa shape index (κ2) is 6.91. The van der Waals surface area contributed by atoms with Crippen LogP contribution < -0.4 is 10.6 Å². The van der Waals surface area contributed by atoms with Crippen molar-refractivity contribution in [2.24, 2.45) is 0 Å². The summed E-state index contributed by atoms with van der Waals surface area (Å²) in [5.74, 6) is 3.67. The van der Waals surface area contributed by atoms with Crippen LogP contribution in [0.25, 0.3) is 0 Å². The molecule has 0 unspecified atom stereocenters. The zero-order chi connectivity index (χ0) is 12.8. The van der Waals surface area contributed by atoms with Gasteiger partial charge in [-0.2, -0.15) is 20.5 Å². The minimum absolute atomic E-state index is 0.820. The van der Waals surface area contributed by atoms with Gasteiger partial charge in [0.1, 0.15) is 5.01 Å². The molecule has 0 spiro atoms. The highest BCUT2D eigenvalue weighted by Gasteiger charge is 2.04. The predicted octanol–water partition coefficient (Wildman–Crippen LogP) is 2.69. The number of hydrogen-bond donors (Lipinski definition) is 2. The number of nitrogens with zero attached hydrogens (tertiary/aromatic N) is 3. The van der Waals surface area contributed by atoms with E-state index in [-0.39, 0.29) is 0 Å². The topological polar surface area (TPSA) is 62.7 Å². The summed E-state index contributed by atoms with van der Waals surface area (Å²) in [6.07, 6.45) is 0. The summed E-state index contributed by atoms with van der Waals surface area (Å²) in [5, 5.41) is 9.57. The van der Waals surface area contributed by atoms with Gasteiger partial charge in [-0.1, -0.05) is 0 Å². The van der Waals surface area contributed by atoms with Crippen LogP contribution in [0.3, 0.4) is 0 Å². The van der Waals surface area contributed by atoms with Crippen molar-refractivity contribution >= 4 is 46.5 Å². The molecule has 0 radical (unpaired) electrons. The minimum atomic E-state index is 0.820. The van der Waals surface area contributed by atoms with Gasteiger partial charge in [0, 0.05) is 36.2 Å². The lowest BCUT2D eigenvalue weighted by Gasteiger charge is -2.03. The average Bonchev–Trinajstić information content (AvgIpc) is 2.97. The minimum Gasteiger partial charge on any atom is -0.369 e. The van der Waals surface area contributed by atoms with Crippen LogP contribution >= 0.6 is 34.8 Å². The Morgan fingerprint density at radius 1 is 1.33 bits per heavy atom. The van der Waals surface area contributed by atoms with E-state index in [0.29, 0.717) is 0 Å². The lowest BCUT2D eigenvalue weighted by atomic mass is 10.6. The summed E-state index contributed by atoms with van der Waals surface area (Å²) in [6, 6.07) is 0. The fraction of sp³-hybridized carbons (Fsp3) is 0.500. The third-order valence-corrected chi connectivity index (χ3v) is 4.80. The van der Waals surface area contributed by atoms with Crippen LogP contribution in [0.15, 0.2) is 5.38 Å². The number of rotatable bonds is 7. The van der Waals surface area contributed by atoms with Gasteiger partial charge in [0.05, 0.1) is 11.7 Å². The molecule has 98 valence electrons. The standard InChI is InChI=1S/C10H15N5S3/c1-7-5-17-8(13-7)6-16-4-3-12-10-9(11-2)14-18-15-10/h5H,3-4,6H2,1-2H3,(H,11,14)(H,12,15). The first-order valence-electron chi connectivity index (χ1n) is 5.52. The van der Waals surface area contributed by atoms with Crippen molar-refractivity contribution in [2.45, 2.75) is 12.7 Å². The molecule has 0 saturated carbocycles. The first kappa shape index (κ1) is 13.6. The van der Waals surface area contributed by atoms with E-state index < -0.39 is 0 Å². The molecule has 18 heavy (non-hydrogen) atoms. The van der Waals surface area contributed by atoms with E-state index in [0.717, 1.165) is 35.4 Å². The van der Waals surface area contributed by atoms with Crippen LogP contribution in [0.5, 0.6) is 0 Å². The van der Waals surface area contributed by atoms with Crippen LogP contribution in [-0.2, 0) is 5.75 Å². The summed E-state index contributed by atoms with van der Waals surface area (Å²) in [6.45, 7) is 2.91. The number of anilines is 2. The van der Waals surface area contributed by atoms with Gasteiger partial charge in [-0.3, -0.25) is 0 Å². The zero-order valence-electron chi connectivity index (χ0n) is 10.3. The molecule has 2 rings (SSSR count). The van der Waals surface area contributed by atoms with E-state index in [1.165, 1.54) is 16.7 Å². The number of thiazole rings is 1. The van der Waals surface area contributed by atoms with Crippen LogP contribution in [0.1, 0.15) is 10.7 Å². The summed E-state index contributed by atoms with van der Waals surface area (Å²) in [5.41, 5.74) is 1.11. The molecule has 0 aliphatic carbocycles. The molecule has 0 amide bonds. The largest absolute Gasteiger partial charge is 0.369 e. The Labute approximate surface area is 119 Å². The Balaban J connectivity index is 1.64. The Morgan fingerprint density at radius 2 is 2.17 bits per heavy atom. The number of nitrogens with one attached hydrogen (secondary N) is 2. The van der Waals surface area contributed by atoms with Gasteiger partial charge in [0.2, 0.25) is 0 Å². The maximum Gasteiger partial charge on any atom is 0.184 e. The fourth-order valence-electron chi connectivity index (χ4n) is 1.34. The van der Waals surface area contributed by atoms with Crippen molar-refractivity contribution in [3.05, 3.63) is 16.1 Å². The molecule has 0 atom stereocenters. The maximum atomic E-state index is 4.43. The van der Waals surface area contributed by atoms with Gasteiger partial charge in [-0.05, 0) is 6.92 Å². The first-order chi connectivity index (χ1) is 8.79. The lowest BCUT2D eigenvalue weighted by Crippen LogP contribution is -2.06. The molecule has 8 heteroatoms. The smallest absolute Gasteiger partial charge is 0.184 e. The molecule has 0 saturated heterocycles. The molecule has 2 heterocycles. The second-order valence-corrected chi connectivity index (χ2v) is 6.15. The molecule has 2 N–H and O–H groups in total. The molecule has 0 aliphatic heterocycles. The van der Waals surface area contributed by atoms with Gasteiger partial charge in [-0.15, -0.1) is 11.3 Å². The Kier molecular flexibility index (Phi) is 5.21.